The summed E-state index contributed by atoms with van der Waals surface area (Å²) in [5, 5.41) is 6.12. The van der Waals surface area contributed by atoms with Crippen LogP contribution in [-0.2, 0) is 10.0 Å². The number of nitrogens with one attached hydrogen (secondary N) is 2. The van der Waals surface area contributed by atoms with Crippen molar-refractivity contribution in [2.75, 3.05) is 6.54 Å². The molecule has 0 aliphatic heterocycles. The Morgan fingerprint density at radius 1 is 1.67 bits per heavy atom. The van der Waals surface area contributed by atoms with Crippen molar-refractivity contribution < 1.29 is 8.42 Å². The van der Waals surface area contributed by atoms with Crippen LogP contribution < -0.4 is 10.5 Å². The highest BCUT2D eigenvalue weighted by Crippen LogP contribution is 2.32. The van der Waals surface area contributed by atoms with Crippen molar-refractivity contribution in [3.8, 4) is 0 Å². The Morgan fingerprint density at radius 3 is 2.87 bits per heavy atom. The summed E-state index contributed by atoms with van der Waals surface area (Å²) in [6.07, 6.45) is 3.50. The molecule has 1 saturated carbocycles. The topological polar surface area (TPSA) is 101 Å². The molecule has 0 radical (unpaired) electrons. The fourth-order valence-corrected chi connectivity index (χ4v) is 2.72. The van der Waals surface area contributed by atoms with Crippen LogP contribution in [0, 0.1) is 5.92 Å². The van der Waals surface area contributed by atoms with Crippen LogP contribution in [0.4, 0.5) is 0 Å². The summed E-state index contributed by atoms with van der Waals surface area (Å²) in [4.78, 5) is 0. The van der Waals surface area contributed by atoms with E-state index >= 15 is 0 Å². The normalized spacial score (nSPS) is 19.0. The van der Waals surface area contributed by atoms with E-state index in [0.29, 0.717) is 12.5 Å². The van der Waals surface area contributed by atoms with E-state index in [0.717, 1.165) is 12.8 Å². The standard InChI is InChI=1S/C8H14N4O2S/c9-5-7(6-1-2-6)12-15(13,14)8-3-4-10-11-8/h3-4,6-7,12H,1-2,5,9H2,(H,10,11). The molecule has 0 spiro atoms. The number of H-pyrrole nitrogens is 1. The van der Waals surface area contributed by atoms with Gasteiger partial charge in [-0.3, -0.25) is 5.10 Å². The Hall–Kier alpha value is -0.920. The molecule has 0 amide bonds. The second-order valence-corrected chi connectivity index (χ2v) is 5.40. The van der Waals surface area contributed by atoms with E-state index < -0.39 is 10.0 Å². The molecule has 1 aromatic rings. The summed E-state index contributed by atoms with van der Waals surface area (Å²) in [7, 11) is -3.48. The summed E-state index contributed by atoms with van der Waals surface area (Å²) in [6, 6.07) is 1.27. The first kappa shape index (κ1) is 10.6. The number of aromatic nitrogens is 2. The Bertz CT molecular complexity index is 410. The maximum atomic E-state index is 11.8. The first-order valence-electron chi connectivity index (χ1n) is 4.85. The maximum absolute atomic E-state index is 11.8. The van der Waals surface area contributed by atoms with Crippen molar-refractivity contribution >= 4 is 10.0 Å². The second-order valence-electron chi connectivity index (χ2n) is 3.72. The van der Waals surface area contributed by atoms with Crippen molar-refractivity contribution in [2.24, 2.45) is 11.7 Å². The zero-order chi connectivity index (χ0) is 10.9. The molecule has 15 heavy (non-hydrogen) atoms. The Balaban J connectivity index is 2.10. The van der Waals surface area contributed by atoms with Crippen LogP contribution in [0.3, 0.4) is 0 Å². The lowest BCUT2D eigenvalue weighted by Crippen LogP contribution is -2.41. The molecule has 1 aliphatic carbocycles. The predicted octanol–water partition coefficient (Wildman–Crippen LogP) is -0.575. The highest BCUT2D eigenvalue weighted by molar-refractivity contribution is 7.89. The zero-order valence-corrected chi connectivity index (χ0v) is 9.00. The predicted molar refractivity (Wildman–Crippen MR) is 54.5 cm³/mol. The van der Waals surface area contributed by atoms with E-state index in [1.165, 1.54) is 12.3 Å². The SMILES string of the molecule is NCC(NS(=O)(=O)c1ccn[nH]1)C1CC1. The van der Waals surface area contributed by atoms with Crippen LogP contribution in [0.1, 0.15) is 12.8 Å². The number of hydrogen-bond donors (Lipinski definition) is 3. The van der Waals surface area contributed by atoms with Gasteiger partial charge in [0.1, 0.15) is 0 Å². The average Bonchev–Trinajstić information content (AvgIpc) is 2.88. The van der Waals surface area contributed by atoms with Gasteiger partial charge in [0.25, 0.3) is 10.0 Å². The number of nitrogens with zero attached hydrogens (tertiary/aromatic N) is 1. The number of hydrogen-bond acceptors (Lipinski definition) is 4. The molecule has 0 saturated heterocycles. The number of rotatable bonds is 5. The maximum Gasteiger partial charge on any atom is 0.257 e. The zero-order valence-electron chi connectivity index (χ0n) is 8.18. The van der Waals surface area contributed by atoms with E-state index in [1.54, 1.807) is 0 Å². The third-order valence-electron chi connectivity index (χ3n) is 2.52. The summed E-state index contributed by atoms with van der Waals surface area (Å²) in [5.74, 6) is 0.396. The number of nitrogens with two attached hydrogens (primary N) is 1. The fraction of sp³-hybridized carbons (Fsp3) is 0.625. The summed E-state index contributed by atoms with van der Waals surface area (Å²) >= 11 is 0. The van der Waals surface area contributed by atoms with Gasteiger partial charge in [-0.05, 0) is 24.8 Å². The van der Waals surface area contributed by atoms with E-state index in [9.17, 15) is 8.42 Å². The Labute approximate surface area is 88.3 Å². The van der Waals surface area contributed by atoms with Crippen LogP contribution in [0.15, 0.2) is 17.3 Å². The van der Waals surface area contributed by atoms with Gasteiger partial charge in [-0.2, -0.15) is 5.10 Å². The van der Waals surface area contributed by atoms with Gasteiger partial charge in [-0.25, -0.2) is 13.1 Å². The molecule has 1 heterocycles. The monoisotopic (exact) mass is 230 g/mol. The van der Waals surface area contributed by atoms with Crippen molar-refractivity contribution in [3.63, 3.8) is 0 Å². The summed E-state index contributed by atoms with van der Waals surface area (Å²) in [5.41, 5.74) is 5.52. The van der Waals surface area contributed by atoms with Gasteiger partial charge in [0.15, 0.2) is 5.03 Å². The average molecular weight is 230 g/mol. The highest BCUT2D eigenvalue weighted by Gasteiger charge is 2.33. The first-order valence-corrected chi connectivity index (χ1v) is 6.33. The van der Waals surface area contributed by atoms with Crippen LogP contribution >= 0.6 is 0 Å². The molecule has 0 bridgehead atoms. The van der Waals surface area contributed by atoms with E-state index in [-0.39, 0.29) is 11.1 Å². The lowest BCUT2D eigenvalue weighted by molar-refractivity contribution is 0.517. The van der Waals surface area contributed by atoms with Crippen LogP contribution in [0.5, 0.6) is 0 Å². The molecule has 4 N–H and O–H groups in total. The molecular formula is C8H14N4O2S. The van der Waals surface area contributed by atoms with Gasteiger partial charge in [0.05, 0.1) is 6.20 Å². The Kier molecular flexibility index (Phi) is 2.76. The minimum atomic E-state index is -3.48. The van der Waals surface area contributed by atoms with Gasteiger partial charge in [0.2, 0.25) is 0 Å². The van der Waals surface area contributed by atoms with Crippen LogP contribution in [0.2, 0.25) is 0 Å². The largest absolute Gasteiger partial charge is 0.329 e. The molecule has 1 atom stereocenters. The van der Waals surface area contributed by atoms with E-state index in [2.05, 4.69) is 14.9 Å². The molecule has 0 aromatic carbocycles. The molecule has 84 valence electrons. The Morgan fingerprint density at radius 2 is 2.40 bits per heavy atom. The van der Waals surface area contributed by atoms with Crippen LogP contribution in [-0.4, -0.2) is 31.2 Å². The smallest absolute Gasteiger partial charge is 0.257 e. The van der Waals surface area contributed by atoms with Crippen molar-refractivity contribution in [2.45, 2.75) is 23.9 Å². The van der Waals surface area contributed by atoms with Crippen molar-refractivity contribution in [1.29, 1.82) is 0 Å². The summed E-state index contributed by atoms with van der Waals surface area (Å²) in [6.45, 7) is 0.331. The molecular weight excluding hydrogens is 216 g/mol. The molecule has 6 nitrogen and oxygen atoms in total. The minimum Gasteiger partial charge on any atom is -0.329 e. The highest BCUT2D eigenvalue weighted by atomic mass is 32.2. The first-order chi connectivity index (χ1) is 7.13. The van der Waals surface area contributed by atoms with Gasteiger partial charge in [-0.1, -0.05) is 0 Å². The molecule has 1 unspecified atom stereocenters. The quantitative estimate of drug-likeness (QED) is 0.630. The lowest BCUT2D eigenvalue weighted by Gasteiger charge is -2.14. The number of aromatic amines is 1. The van der Waals surface area contributed by atoms with Gasteiger partial charge in [0, 0.05) is 12.6 Å². The molecule has 1 fully saturated rings. The van der Waals surface area contributed by atoms with E-state index in [4.69, 9.17) is 5.73 Å². The molecule has 2 rings (SSSR count). The minimum absolute atomic E-state index is 0.0848. The van der Waals surface area contributed by atoms with Gasteiger partial charge in [-0.15, -0.1) is 0 Å². The third-order valence-corrected chi connectivity index (χ3v) is 3.94. The lowest BCUT2D eigenvalue weighted by atomic mass is 10.2. The third kappa shape index (κ3) is 2.36. The second kappa shape index (κ2) is 3.92. The number of sulfonamides is 1. The van der Waals surface area contributed by atoms with Gasteiger partial charge < -0.3 is 5.73 Å². The van der Waals surface area contributed by atoms with Crippen LogP contribution in [0.25, 0.3) is 0 Å². The van der Waals surface area contributed by atoms with E-state index in [1.807, 2.05) is 0 Å². The van der Waals surface area contributed by atoms with Gasteiger partial charge >= 0.3 is 0 Å². The van der Waals surface area contributed by atoms with Crippen molar-refractivity contribution in [1.82, 2.24) is 14.9 Å². The molecule has 7 heteroatoms. The molecule has 1 aliphatic rings. The molecule has 1 aromatic heterocycles. The summed E-state index contributed by atoms with van der Waals surface area (Å²) < 4.78 is 26.1. The van der Waals surface area contributed by atoms with Crippen molar-refractivity contribution in [3.05, 3.63) is 12.3 Å². The fourth-order valence-electron chi connectivity index (χ4n) is 1.49.